The quantitative estimate of drug-likeness (QED) is 0.511. The van der Waals surface area contributed by atoms with Crippen LogP contribution in [0.4, 0.5) is 5.82 Å². The molecule has 0 radical (unpaired) electrons. The van der Waals surface area contributed by atoms with E-state index in [2.05, 4.69) is 24.3 Å². The number of rotatable bonds is 3. The first-order chi connectivity index (χ1) is 9.47. The molecule has 1 saturated heterocycles. The molecule has 6 heteroatoms. The number of halogens is 1. The number of carbonyl (C=O) groups excluding carboxylic acids is 1. The Balaban J connectivity index is 2.11. The first-order valence-corrected chi connectivity index (χ1v) is 7.29. The minimum atomic E-state index is -0.0102. The number of nitrogens with zero attached hydrogens (tertiary/aromatic N) is 2. The molecule has 1 aromatic heterocycles. The Hall–Kier alpha value is -1.33. The molecule has 0 aromatic carbocycles. The van der Waals surface area contributed by atoms with Gasteiger partial charge in [0.25, 0.3) is 5.91 Å². The van der Waals surface area contributed by atoms with Crippen molar-refractivity contribution in [1.29, 1.82) is 0 Å². The number of nitrogens with one attached hydrogen (secondary N) is 1. The fourth-order valence-electron chi connectivity index (χ4n) is 2.48. The van der Waals surface area contributed by atoms with Crippen LogP contribution in [0.15, 0.2) is 12.1 Å². The second kappa shape index (κ2) is 5.97. The molecule has 3 N–H and O–H groups in total. The van der Waals surface area contributed by atoms with E-state index < -0.39 is 0 Å². The van der Waals surface area contributed by atoms with Gasteiger partial charge >= 0.3 is 0 Å². The molecule has 1 aliphatic rings. The van der Waals surface area contributed by atoms with Crippen LogP contribution >= 0.6 is 11.6 Å². The van der Waals surface area contributed by atoms with E-state index in [0.29, 0.717) is 16.8 Å². The van der Waals surface area contributed by atoms with Crippen LogP contribution in [0.5, 0.6) is 0 Å². The molecule has 1 amide bonds. The molecule has 110 valence electrons. The lowest BCUT2D eigenvalue weighted by atomic mass is 9.78. The summed E-state index contributed by atoms with van der Waals surface area (Å²) in [7, 11) is 0. The summed E-state index contributed by atoms with van der Waals surface area (Å²) in [4.78, 5) is 18.3. The lowest BCUT2D eigenvalue weighted by Crippen LogP contribution is -2.42. The summed E-state index contributed by atoms with van der Waals surface area (Å²) in [6, 6.07) is 3.21. The van der Waals surface area contributed by atoms with Gasteiger partial charge < -0.3 is 10.3 Å². The lowest BCUT2D eigenvalue weighted by molar-refractivity contribution is 0.0600. The van der Waals surface area contributed by atoms with E-state index in [1.807, 2.05) is 4.90 Å². The average Bonchev–Trinajstić information content (AvgIpc) is 2.46. The number of hydrogen-bond acceptors (Lipinski definition) is 4. The van der Waals surface area contributed by atoms with E-state index in [9.17, 15) is 4.79 Å². The average molecular weight is 297 g/mol. The van der Waals surface area contributed by atoms with Crippen molar-refractivity contribution < 1.29 is 4.79 Å². The maximum absolute atomic E-state index is 12.5. The zero-order valence-corrected chi connectivity index (χ0v) is 12.7. The van der Waals surface area contributed by atoms with E-state index in [-0.39, 0.29) is 11.1 Å². The van der Waals surface area contributed by atoms with Crippen molar-refractivity contribution in [2.45, 2.75) is 33.1 Å². The van der Waals surface area contributed by atoms with Crippen molar-refractivity contribution in [3.05, 3.63) is 22.8 Å². The second-order valence-corrected chi connectivity index (χ2v) is 6.05. The summed E-state index contributed by atoms with van der Waals surface area (Å²) in [6.45, 7) is 6.07. The van der Waals surface area contributed by atoms with Gasteiger partial charge in [0.05, 0.1) is 0 Å². The van der Waals surface area contributed by atoms with Crippen LogP contribution in [-0.4, -0.2) is 28.9 Å². The molecular formula is C14H21ClN4O. The molecule has 5 nitrogen and oxygen atoms in total. The van der Waals surface area contributed by atoms with Crippen LogP contribution in [0, 0.1) is 5.41 Å². The molecule has 0 unspecified atom stereocenters. The number of amides is 1. The first-order valence-electron chi connectivity index (χ1n) is 6.91. The summed E-state index contributed by atoms with van der Waals surface area (Å²) >= 11 is 5.90. The summed E-state index contributed by atoms with van der Waals surface area (Å²) in [5.41, 5.74) is 3.31. The molecule has 2 heterocycles. The number of anilines is 1. The van der Waals surface area contributed by atoms with Crippen LogP contribution in [0.2, 0.25) is 5.15 Å². The lowest BCUT2D eigenvalue weighted by Gasteiger charge is -2.39. The monoisotopic (exact) mass is 296 g/mol. The Bertz CT molecular complexity index is 498. The molecule has 0 saturated carbocycles. The molecule has 20 heavy (non-hydrogen) atoms. The fourth-order valence-corrected chi connectivity index (χ4v) is 2.69. The number of hydrazine groups is 1. The Kier molecular flexibility index (Phi) is 4.50. The molecule has 0 spiro atoms. The summed E-state index contributed by atoms with van der Waals surface area (Å²) in [6.07, 6.45) is 3.23. The van der Waals surface area contributed by atoms with Gasteiger partial charge in [-0.25, -0.2) is 10.8 Å². The number of hydrogen-bond donors (Lipinski definition) is 2. The molecule has 0 bridgehead atoms. The van der Waals surface area contributed by atoms with Crippen molar-refractivity contribution in [2.75, 3.05) is 18.5 Å². The van der Waals surface area contributed by atoms with Crippen LogP contribution in [-0.2, 0) is 0 Å². The summed E-state index contributed by atoms with van der Waals surface area (Å²) < 4.78 is 0. The number of likely N-dealkylation sites (tertiary alicyclic amines) is 1. The molecule has 2 rings (SSSR count). The van der Waals surface area contributed by atoms with Gasteiger partial charge in [-0.15, -0.1) is 0 Å². The minimum absolute atomic E-state index is 0.0102. The normalized spacial score (nSPS) is 17.9. The van der Waals surface area contributed by atoms with Gasteiger partial charge in [-0.1, -0.05) is 31.9 Å². The van der Waals surface area contributed by atoms with Gasteiger partial charge in [0.2, 0.25) is 0 Å². The number of piperidine rings is 1. The SMILES string of the molecule is CCC1(C)CCN(C(=O)c2cc(Cl)nc(NN)c2)CC1. The molecule has 1 aromatic rings. The highest BCUT2D eigenvalue weighted by Gasteiger charge is 2.30. The number of aromatic nitrogens is 1. The van der Waals surface area contributed by atoms with Gasteiger partial charge in [0, 0.05) is 18.7 Å². The molecule has 1 fully saturated rings. The third kappa shape index (κ3) is 3.22. The Morgan fingerprint density at radius 2 is 2.15 bits per heavy atom. The number of pyridine rings is 1. The van der Waals surface area contributed by atoms with Crippen molar-refractivity contribution in [1.82, 2.24) is 9.88 Å². The molecule has 1 aliphatic heterocycles. The third-order valence-corrected chi connectivity index (χ3v) is 4.49. The van der Waals surface area contributed by atoms with E-state index >= 15 is 0 Å². The Labute approximate surface area is 124 Å². The van der Waals surface area contributed by atoms with Crippen molar-refractivity contribution in [3.63, 3.8) is 0 Å². The van der Waals surface area contributed by atoms with E-state index in [1.54, 1.807) is 12.1 Å². The van der Waals surface area contributed by atoms with E-state index in [0.717, 1.165) is 32.4 Å². The Morgan fingerprint density at radius 3 is 2.70 bits per heavy atom. The van der Waals surface area contributed by atoms with Crippen molar-refractivity contribution in [2.24, 2.45) is 11.3 Å². The van der Waals surface area contributed by atoms with Crippen molar-refractivity contribution in [3.8, 4) is 0 Å². The van der Waals surface area contributed by atoms with Crippen LogP contribution < -0.4 is 11.3 Å². The number of nitrogen functional groups attached to an aromatic ring is 1. The zero-order chi connectivity index (χ0) is 14.8. The van der Waals surface area contributed by atoms with Gasteiger partial charge in [-0.2, -0.15) is 0 Å². The van der Waals surface area contributed by atoms with Gasteiger partial charge in [-0.05, 0) is 30.4 Å². The van der Waals surface area contributed by atoms with Gasteiger partial charge in [0.15, 0.2) is 0 Å². The van der Waals surface area contributed by atoms with Crippen LogP contribution in [0.25, 0.3) is 0 Å². The number of carbonyl (C=O) groups is 1. The standard InChI is InChI=1S/C14H21ClN4O/c1-3-14(2)4-6-19(7-5-14)13(20)10-8-11(15)17-12(9-10)18-16/h8-9H,3-7,16H2,1-2H3,(H,17,18). The summed E-state index contributed by atoms with van der Waals surface area (Å²) in [5.74, 6) is 5.71. The molecular weight excluding hydrogens is 276 g/mol. The largest absolute Gasteiger partial charge is 0.339 e. The topological polar surface area (TPSA) is 71.2 Å². The second-order valence-electron chi connectivity index (χ2n) is 5.66. The predicted molar refractivity (Wildman–Crippen MR) is 80.6 cm³/mol. The van der Waals surface area contributed by atoms with Gasteiger partial charge in [0.1, 0.15) is 11.0 Å². The molecule has 0 atom stereocenters. The highest BCUT2D eigenvalue weighted by atomic mass is 35.5. The maximum atomic E-state index is 12.5. The highest BCUT2D eigenvalue weighted by Crippen LogP contribution is 2.34. The molecule has 0 aliphatic carbocycles. The van der Waals surface area contributed by atoms with Crippen LogP contribution in [0.1, 0.15) is 43.5 Å². The number of nitrogens with two attached hydrogens (primary N) is 1. The van der Waals surface area contributed by atoms with Gasteiger partial charge in [-0.3, -0.25) is 4.79 Å². The smallest absolute Gasteiger partial charge is 0.254 e. The van der Waals surface area contributed by atoms with E-state index in [4.69, 9.17) is 17.4 Å². The van der Waals surface area contributed by atoms with E-state index in [1.165, 1.54) is 0 Å². The first kappa shape index (κ1) is 15.1. The van der Waals surface area contributed by atoms with Crippen molar-refractivity contribution >= 4 is 23.3 Å². The Morgan fingerprint density at radius 1 is 1.50 bits per heavy atom. The highest BCUT2D eigenvalue weighted by molar-refractivity contribution is 6.29. The third-order valence-electron chi connectivity index (χ3n) is 4.30. The summed E-state index contributed by atoms with van der Waals surface area (Å²) in [5, 5.41) is 0.263. The maximum Gasteiger partial charge on any atom is 0.254 e. The zero-order valence-electron chi connectivity index (χ0n) is 11.9. The minimum Gasteiger partial charge on any atom is -0.339 e. The predicted octanol–water partition coefficient (Wildman–Crippen LogP) is 2.67. The van der Waals surface area contributed by atoms with Crippen LogP contribution in [0.3, 0.4) is 0 Å². The fraction of sp³-hybridized carbons (Fsp3) is 0.571.